The Labute approximate surface area is 122 Å². The fourth-order valence-corrected chi connectivity index (χ4v) is 1.64. The van der Waals surface area contributed by atoms with Gasteiger partial charge in [-0.05, 0) is 31.5 Å². The highest BCUT2D eigenvalue weighted by Gasteiger charge is 2.11. The molecule has 1 rings (SSSR count). The van der Waals surface area contributed by atoms with E-state index in [-0.39, 0.29) is 30.0 Å². The Morgan fingerprint density at radius 3 is 2.80 bits per heavy atom. The highest BCUT2D eigenvalue weighted by atomic mass is 35.5. The van der Waals surface area contributed by atoms with Gasteiger partial charge in [-0.2, -0.15) is 0 Å². The monoisotopic (exact) mass is 303 g/mol. The average molecular weight is 304 g/mol. The number of hydrogen-bond donors (Lipinski definition) is 2. The molecule has 0 heterocycles. The highest BCUT2D eigenvalue weighted by Crippen LogP contribution is 2.19. The molecule has 0 aromatic heterocycles. The lowest BCUT2D eigenvalue weighted by Gasteiger charge is -2.13. The lowest BCUT2D eigenvalue weighted by Crippen LogP contribution is -2.29. The first-order valence-electron chi connectivity index (χ1n) is 6.41. The van der Waals surface area contributed by atoms with E-state index in [1.165, 1.54) is 12.1 Å². The van der Waals surface area contributed by atoms with Crippen LogP contribution in [0.5, 0.6) is 0 Å². The second-order valence-electron chi connectivity index (χ2n) is 4.66. The van der Waals surface area contributed by atoms with Gasteiger partial charge in [0.2, 0.25) is 5.91 Å². The first kappa shape index (κ1) is 16.9. The SMILES string of the molecule is CC(C)OCCC(=O)NCC(O)c1ccc(Cl)c(F)c1. The smallest absolute Gasteiger partial charge is 0.222 e. The first-order chi connectivity index (χ1) is 9.40. The predicted molar refractivity (Wildman–Crippen MR) is 75.1 cm³/mol. The Bertz CT molecular complexity index is 454. The largest absolute Gasteiger partial charge is 0.387 e. The van der Waals surface area contributed by atoms with Gasteiger partial charge in [0.15, 0.2) is 0 Å². The third-order valence-corrected chi connectivity index (χ3v) is 2.91. The quantitative estimate of drug-likeness (QED) is 0.813. The van der Waals surface area contributed by atoms with Crippen LogP contribution < -0.4 is 5.32 Å². The zero-order chi connectivity index (χ0) is 15.1. The van der Waals surface area contributed by atoms with Crippen LogP contribution in [0.1, 0.15) is 31.9 Å². The van der Waals surface area contributed by atoms with E-state index < -0.39 is 11.9 Å². The molecule has 20 heavy (non-hydrogen) atoms. The normalized spacial score (nSPS) is 12.5. The molecule has 0 aliphatic heterocycles. The Morgan fingerprint density at radius 1 is 1.50 bits per heavy atom. The van der Waals surface area contributed by atoms with E-state index in [0.717, 1.165) is 6.07 Å². The minimum atomic E-state index is -0.975. The van der Waals surface area contributed by atoms with Crippen molar-refractivity contribution in [1.29, 1.82) is 0 Å². The van der Waals surface area contributed by atoms with E-state index >= 15 is 0 Å². The molecule has 112 valence electrons. The summed E-state index contributed by atoms with van der Waals surface area (Å²) in [7, 11) is 0. The van der Waals surface area contributed by atoms with Crippen molar-refractivity contribution < 1.29 is 19.0 Å². The van der Waals surface area contributed by atoms with Crippen molar-refractivity contribution in [1.82, 2.24) is 5.32 Å². The fraction of sp³-hybridized carbons (Fsp3) is 0.500. The van der Waals surface area contributed by atoms with Crippen LogP contribution in [0.4, 0.5) is 4.39 Å². The van der Waals surface area contributed by atoms with Crippen LogP contribution in [0.3, 0.4) is 0 Å². The predicted octanol–water partition coefficient (Wildman–Crippen LogP) is 2.44. The van der Waals surface area contributed by atoms with Crippen LogP contribution in [0.2, 0.25) is 5.02 Å². The molecule has 0 spiro atoms. The standard InChI is InChI=1S/C14H19ClFNO3/c1-9(2)20-6-5-14(19)17-8-13(18)10-3-4-11(15)12(16)7-10/h3-4,7,9,13,18H,5-6,8H2,1-2H3,(H,17,19). The van der Waals surface area contributed by atoms with Gasteiger partial charge in [-0.25, -0.2) is 4.39 Å². The number of carbonyl (C=O) groups is 1. The molecule has 2 N–H and O–H groups in total. The third kappa shape index (κ3) is 5.86. The van der Waals surface area contributed by atoms with Gasteiger partial charge in [0.05, 0.1) is 23.8 Å². The van der Waals surface area contributed by atoms with Crippen LogP contribution in [0.15, 0.2) is 18.2 Å². The number of carbonyl (C=O) groups excluding carboxylic acids is 1. The van der Waals surface area contributed by atoms with Crippen molar-refractivity contribution in [3.8, 4) is 0 Å². The summed E-state index contributed by atoms with van der Waals surface area (Å²) in [6, 6.07) is 4.04. The summed E-state index contributed by atoms with van der Waals surface area (Å²) >= 11 is 5.56. The zero-order valence-corrected chi connectivity index (χ0v) is 12.3. The van der Waals surface area contributed by atoms with E-state index in [4.69, 9.17) is 16.3 Å². The van der Waals surface area contributed by atoms with E-state index in [0.29, 0.717) is 12.2 Å². The Hall–Kier alpha value is -1.17. The number of ether oxygens (including phenoxy) is 1. The molecule has 0 aliphatic carbocycles. The topological polar surface area (TPSA) is 58.6 Å². The summed E-state index contributed by atoms with van der Waals surface area (Å²) in [5, 5.41) is 12.4. The van der Waals surface area contributed by atoms with Gasteiger partial charge in [0.1, 0.15) is 5.82 Å². The molecule has 0 aliphatic rings. The van der Waals surface area contributed by atoms with Crippen molar-refractivity contribution in [2.45, 2.75) is 32.5 Å². The van der Waals surface area contributed by atoms with E-state index in [2.05, 4.69) is 5.32 Å². The maximum atomic E-state index is 13.2. The summed E-state index contributed by atoms with van der Waals surface area (Å²) in [6.45, 7) is 4.12. The number of benzene rings is 1. The highest BCUT2D eigenvalue weighted by molar-refractivity contribution is 6.30. The molecule has 1 aromatic rings. The lowest BCUT2D eigenvalue weighted by atomic mass is 10.1. The van der Waals surface area contributed by atoms with Crippen LogP contribution in [-0.2, 0) is 9.53 Å². The fourth-order valence-electron chi connectivity index (χ4n) is 1.52. The zero-order valence-electron chi connectivity index (χ0n) is 11.5. The van der Waals surface area contributed by atoms with E-state index in [9.17, 15) is 14.3 Å². The molecule has 1 unspecified atom stereocenters. The average Bonchev–Trinajstić information content (AvgIpc) is 2.38. The van der Waals surface area contributed by atoms with Gasteiger partial charge in [-0.1, -0.05) is 17.7 Å². The lowest BCUT2D eigenvalue weighted by molar-refractivity contribution is -0.122. The van der Waals surface area contributed by atoms with E-state index in [1.807, 2.05) is 13.8 Å². The van der Waals surface area contributed by atoms with Crippen molar-refractivity contribution in [2.75, 3.05) is 13.2 Å². The summed E-state index contributed by atoms with van der Waals surface area (Å²) in [5.74, 6) is -0.820. The molecule has 1 aromatic carbocycles. The third-order valence-electron chi connectivity index (χ3n) is 2.60. The molecule has 4 nitrogen and oxygen atoms in total. The van der Waals surface area contributed by atoms with Crippen molar-refractivity contribution in [3.63, 3.8) is 0 Å². The molecular formula is C14H19ClFNO3. The number of rotatable bonds is 7. The number of aliphatic hydroxyl groups excluding tert-OH is 1. The van der Waals surface area contributed by atoms with Gasteiger partial charge in [-0.3, -0.25) is 4.79 Å². The maximum absolute atomic E-state index is 13.2. The Kier molecular flexibility index (Phi) is 6.91. The van der Waals surface area contributed by atoms with Crippen LogP contribution in [0, 0.1) is 5.82 Å². The molecule has 1 atom stereocenters. The number of hydrogen-bond acceptors (Lipinski definition) is 3. The van der Waals surface area contributed by atoms with Crippen LogP contribution >= 0.6 is 11.6 Å². The van der Waals surface area contributed by atoms with Crippen molar-refractivity contribution in [3.05, 3.63) is 34.6 Å². The molecule has 0 bridgehead atoms. The number of halogens is 2. The first-order valence-corrected chi connectivity index (χ1v) is 6.79. The minimum Gasteiger partial charge on any atom is -0.387 e. The second-order valence-corrected chi connectivity index (χ2v) is 5.07. The van der Waals surface area contributed by atoms with Crippen LogP contribution in [0.25, 0.3) is 0 Å². The van der Waals surface area contributed by atoms with Crippen molar-refractivity contribution in [2.24, 2.45) is 0 Å². The molecule has 6 heteroatoms. The molecule has 0 fully saturated rings. The number of nitrogens with one attached hydrogen (secondary N) is 1. The molecule has 0 saturated heterocycles. The molecular weight excluding hydrogens is 285 g/mol. The summed E-state index contributed by atoms with van der Waals surface area (Å²) in [6.07, 6.45) is -0.679. The van der Waals surface area contributed by atoms with Gasteiger partial charge in [0.25, 0.3) is 0 Å². The van der Waals surface area contributed by atoms with Crippen molar-refractivity contribution >= 4 is 17.5 Å². The Balaban J connectivity index is 2.37. The van der Waals surface area contributed by atoms with Gasteiger partial charge in [0, 0.05) is 13.0 Å². The number of amides is 1. The summed E-state index contributed by atoms with van der Waals surface area (Å²) < 4.78 is 18.5. The minimum absolute atomic E-state index is 0.00387. The van der Waals surface area contributed by atoms with E-state index in [1.54, 1.807) is 0 Å². The maximum Gasteiger partial charge on any atom is 0.222 e. The molecule has 0 saturated carbocycles. The van der Waals surface area contributed by atoms with Gasteiger partial charge in [-0.15, -0.1) is 0 Å². The van der Waals surface area contributed by atoms with Crippen LogP contribution in [-0.4, -0.2) is 30.3 Å². The van der Waals surface area contributed by atoms with Gasteiger partial charge < -0.3 is 15.2 Å². The summed E-state index contributed by atoms with van der Waals surface area (Å²) in [4.78, 5) is 11.5. The number of aliphatic hydroxyl groups is 1. The molecule has 1 amide bonds. The Morgan fingerprint density at radius 2 is 2.20 bits per heavy atom. The van der Waals surface area contributed by atoms with Gasteiger partial charge >= 0.3 is 0 Å². The summed E-state index contributed by atoms with van der Waals surface area (Å²) in [5.41, 5.74) is 0.366. The molecule has 0 radical (unpaired) electrons. The second kappa shape index (κ2) is 8.19.